The van der Waals surface area contributed by atoms with E-state index in [4.69, 9.17) is 5.84 Å². The molecule has 4 nitrogen and oxygen atoms in total. The molecule has 0 atom stereocenters. The van der Waals surface area contributed by atoms with Crippen molar-refractivity contribution in [2.75, 3.05) is 13.6 Å². The van der Waals surface area contributed by atoms with Crippen molar-refractivity contribution in [2.45, 2.75) is 26.8 Å². The molecule has 0 heterocycles. The number of hydrogen-bond acceptors (Lipinski definition) is 2. The summed E-state index contributed by atoms with van der Waals surface area (Å²) in [5.41, 5.74) is 2.56. The first-order valence-electron chi connectivity index (χ1n) is 3.87. The molecule has 4 heteroatoms. The summed E-state index contributed by atoms with van der Waals surface area (Å²) in [6.45, 7) is 6.90. The van der Waals surface area contributed by atoms with Gasteiger partial charge in [-0.3, -0.25) is 10.4 Å². The summed E-state index contributed by atoms with van der Waals surface area (Å²) in [5.74, 6) is 6.01. The van der Waals surface area contributed by atoms with Crippen LogP contribution in [-0.4, -0.2) is 30.5 Å². The summed E-state index contributed by atoms with van der Waals surface area (Å²) in [7, 11) is 1.96. The lowest BCUT2D eigenvalue weighted by molar-refractivity contribution is 0.401. The molecular weight excluding hydrogens is 140 g/mol. The van der Waals surface area contributed by atoms with E-state index in [1.807, 2.05) is 18.9 Å². The van der Waals surface area contributed by atoms with Gasteiger partial charge in [-0.05, 0) is 20.8 Å². The van der Waals surface area contributed by atoms with Crippen molar-refractivity contribution in [3.8, 4) is 0 Å². The zero-order valence-electron chi connectivity index (χ0n) is 7.76. The van der Waals surface area contributed by atoms with Crippen LogP contribution in [0.3, 0.4) is 0 Å². The molecule has 0 aliphatic carbocycles. The Morgan fingerprint density at radius 2 is 2.18 bits per heavy atom. The summed E-state index contributed by atoms with van der Waals surface area (Å²) in [5, 5.41) is 0. The van der Waals surface area contributed by atoms with E-state index in [0.717, 1.165) is 12.5 Å². The fourth-order valence-electron chi connectivity index (χ4n) is 0.653. The highest BCUT2D eigenvalue weighted by Gasteiger charge is 2.06. The van der Waals surface area contributed by atoms with Crippen LogP contribution in [0.4, 0.5) is 0 Å². The van der Waals surface area contributed by atoms with Crippen LogP contribution in [0.1, 0.15) is 20.8 Å². The summed E-state index contributed by atoms with van der Waals surface area (Å²) in [6.07, 6.45) is 0. The van der Waals surface area contributed by atoms with Gasteiger partial charge in [0.05, 0.1) is 0 Å². The van der Waals surface area contributed by atoms with E-state index in [2.05, 4.69) is 24.3 Å². The lowest BCUT2D eigenvalue weighted by Crippen LogP contribution is -2.45. The first-order chi connectivity index (χ1) is 5.13. The third-order valence-corrected chi connectivity index (χ3v) is 1.55. The largest absolute Gasteiger partial charge is 0.343 e. The SMILES string of the molecule is CCN=C(NN)N(C)C(C)C. The molecular formula is C7H18N4. The molecule has 0 aromatic rings. The molecule has 0 saturated carbocycles. The molecule has 0 aliphatic heterocycles. The molecule has 0 saturated heterocycles. The summed E-state index contributed by atoms with van der Waals surface area (Å²) < 4.78 is 0. The van der Waals surface area contributed by atoms with Crippen molar-refractivity contribution in [1.29, 1.82) is 0 Å². The Morgan fingerprint density at radius 1 is 1.64 bits per heavy atom. The summed E-state index contributed by atoms with van der Waals surface area (Å²) in [4.78, 5) is 6.16. The van der Waals surface area contributed by atoms with Gasteiger partial charge in [-0.25, -0.2) is 5.84 Å². The molecule has 0 aliphatic rings. The topological polar surface area (TPSA) is 53.6 Å². The molecule has 66 valence electrons. The third kappa shape index (κ3) is 3.23. The van der Waals surface area contributed by atoms with Gasteiger partial charge in [-0.15, -0.1) is 0 Å². The Kier molecular flexibility index (Phi) is 4.61. The molecule has 0 fully saturated rings. The Labute approximate surface area is 68.4 Å². The van der Waals surface area contributed by atoms with E-state index in [0.29, 0.717) is 6.04 Å². The van der Waals surface area contributed by atoms with Crippen LogP contribution in [-0.2, 0) is 0 Å². The zero-order valence-corrected chi connectivity index (χ0v) is 7.76. The fourth-order valence-corrected chi connectivity index (χ4v) is 0.653. The van der Waals surface area contributed by atoms with Crippen LogP contribution in [0.2, 0.25) is 0 Å². The zero-order chi connectivity index (χ0) is 8.85. The minimum Gasteiger partial charge on any atom is -0.343 e. The Morgan fingerprint density at radius 3 is 2.45 bits per heavy atom. The molecule has 0 radical (unpaired) electrons. The average molecular weight is 158 g/mol. The van der Waals surface area contributed by atoms with Gasteiger partial charge in [0, 0.05) is 19.6 Å². The van der Waals surface area contributed by atoms with E-state index in [1.165, 1.54) is 0 Å². The number of aliphatic imine (C=N–C) groups is 1. The molecule has 0 bridgehead atoms. The van der Waals surface area contributed by atoms with Gasteiger partial charge in [0.25, 0.3) is 0 Å². The maximum Gasteiger partial charge on any atom is 0.208 e. The summed E-state index contributed by atoms with van der Waals surface area (Å²) in [6, 6.07) is 0.413. The maximum atomic E-state index is 5.28. The highest BCUT2D eigenvalue weighted by molar-refractivity contribution is 5.79. The average Bonchev–Trinajstić information content (AvgIpc) is 1.98. The van der Waals surface area contributed by atoms with Gasteiger partial charge in [0.1, 0.15) is 0 Å². The minimum absolute atomic E-state index is 0.413. The molecule has 0 spiro atoms. The number of hydrogen-bond donors (Lipinski definition) is 2. The highest BCUT2D eigenvalue weighted by atomic mass is 15.4. The standard InChI is InChI=1S/C7H18N4/c1-5-9-7(10-8)11(4)6(2)3/h6H,5,8H2,1-4H3,(H,9,10). The second-order valence-corrected chi connectivity index (χ2v) is 2.65. The normalized spacial score (nSPS) is 12.0. The van der Waals surface area contributed by atoms with Gasteiger partial charge in [-0.1, -0.05) is 0 Å². The second-order valence-electron chi connectivity index (χ2n) is 2.65. The number of rotatable bonds is 2. The van der Waals surface area contributed by atoms with Crippen LogP contribution in [0.5, 0.6) is 0 Å². The number of guanidine groups is 1. The van der Waals surface area contributed by atoms with Gasteiger partial charge < -0.3 is 4.90 Å². The monoisotopic (exact) mass is 158 g/mol. The smallest absolute Gasteiger partial charge is 0.208 e. The molecule has 11 heavy (non-hydrogen) atoms. The first kappa shape index (κ1) is 10.2. The first-order valence-corrected chi connectivity index (χ1v) is 3.87. The van der Waals surface area contributed by atoms with Crippen LogP contribution in [0, 0.1) is 0 Å². The third-order valence-electron chi connectivity index (χ3n) is 1.55. The Bertz CT molecular complexity index is 130. The fraction of sp³-hybridized carbons (Fsp3) is 0.857. The lowest BCUT2D eigenvalue weighted by atomic mass is 10.4. The van der Waals surface area contributed by atoms with Gasteiger partial charge in [-0.2, -0.15) is 0 Å². The lowest BCUT2D eigenvalue weighted by Gasteiger charge is -2.24. The van der Waals surface area contributed by atoms with E-state index >= 15 is 0 Å². The molecule has 3 N–H and O–H groups in total. The van der Waals surface area contributed by atoms with Gasteiger partial charge >= 0.3 is 0 Å². The van der Waals surface area contributed by atoms with Crippen molar-refractivity contribution in [2.24, 2.45) is 10.8 Å². The molecule has 0 rings (SSSR count). The van der Waals surface area contributed by atoms with Gasteiger partial charge in [0.15, 0.2) is 0 Å². The quantitative estimate of drug-likeness (QED) is 0.261. The van der Waals surface area contributed by atoms with E-state index < -0.39 is 0 Å². The van der Waals surface area contributed by atoms with Crippen LogP contribution in [0.15, 0.2) is 4.99 Å². The minimum atomic E-state index is 0.413. The molecule has 0 aromatic carbocycles. The molecule has 0 aromatic heterocycles. The van der Waals surface area contributed by atoms with Crippen molar-refractivity contribution in [3.05, 3.63) is 0 Å². The number of nitrogens with zero attached hydrogens (tertiary/aromatic N) is 2. The number of hydrazine groups is 1. The number of nitrogens with two attached hydrogens (primary N) is 1. The number of nitrogens with one attached hydrogen (secondary N) is 1. The van der Waals surface area contributed by atoms with Crippen LogP contribution < -0.4 is 11.3 Å². The molecule has 0 unspecified atom stereocenters. The second kappa shape index (κ2) is 4.96. The molecule has 0 amide bonds. The van der Waals surface area contributed by atoms with E-state index in [-0.39, 0.29) is 0 Å². The Hall–Kier alpha value is -0.770. The van der Waals surface area contributed by atoms with E-state index in [9.17, 15) is 0 Å². The van der Waals surface area contributed by atoms with Crippen LogP contribution in [0.25, 0.3) is 0 Å². The highest BCUT2D eigenvalue weighted by Crippen LogP contribution is 1.93. The van der Waals surface area contributed by atoms with E-state index in [1.54, 1.807) is 0 Å². The summed E-state index contributed by atoms with van der Waals surface area (Å²) >= 11 is 0. The van der Waals surface area contributed by atoms with Crippen molar-refractivity contribution < 1.29 is 0 Å². The predicted octanol–water partition coefficient (Wildman–Crippen LogP) is 0.166. The van der Waals surface area contributed by atoms with Crippen molar-refractivity contribution in [1.82, 2.24) is 10.3 Å². The van der Waals surface area contributed by atoms with Crippen molar-refractivity contribution >= 4 is 5.96 Å². The Balaban J connectivity index is 4.13. The van der Waals surface area contributed by atoms with Crippen molar-refractivity contribution in [3.63, 3.8) is 0 Å². The maximum absolute atomic E-state index is 5.28. The predicted molar refractivity (Wildman–Crippen MR) is 48.2 cm³/mol. The van der Waals surface area contributed by atoms with Crippen LogP contribution >= 0.6 is 0 Å². The van der Waals surface area contributed by atoms with Gasteiger partial charge in [0.2, 0.25) is 5.96 Å².